The van der Waals surface area contributed by atoms with Gasteiger partial charge in [-0.2, -0.15) is 0 Å². The molecule has 2 amide bonds. The largest absolute Gasteiger partial charge is 0.355 e. The number of piperidine rings is 1. The van der Waals surface area contributed by atoms with E-state index in [2.05, 4.69) is 10.6 Å². The lowest BCUT2D eigenvalue weighted by molar-refractivity contribution is -0.127. The zero-order valence-corrected chi connectivity index (χ0v) is 14.9. The maximum absolute atomic E-state index is 12.2. The van der Waals surface area contributed by atoms with Gasteiger partial charge in [0.15, 0.2) is 0 Å². The molecule has 4 N–H and O–H groups in total. The highest BCUT2D eigenvalue weighted by Crippen LogP contribution is 2.17. The Morgan fingerprint density at radius 2 is 2.08 bits per heavy atom. The molecule has 1 aliphatic heterocycles. The molecule has 0 aliphatic carbocycles. The van der Waals surface area contributed by atoms with Gasteiger partial charge in [-0.15, -0.1) is 12.4 Å². The van der Waals surface area contributed by atoms with Crippen LogP contribution in [0.3, 0.4) is 0 Å². The van der Waals surface area contributed by atoms with Crippen molar-refractivity contribution in [3.63, 3.8) is 0 Å². The van der Waals surface area contributed by atoms with Crippen LogP contribution >= 0.6 is 12.4 Å². The number of carbonyl (C=O) groups excluding carboxylic acids is 2. The number of carbonyl (C=O) groups is 2. The molecule has 0 aromatic heterocycles. The van der Waals surface area contributed by atoms with Crippen LogP contribution in [0.2, 0.25) is 0 Å². The standard InChI is InChI=1S/C17H26N4O2.ClH/c1-13-5-2-3-7-15(13)20-16(22)12-21-10-4-6-14(11-21)17(23)19-9-8-18;/h2-3,5,7,14H,4,6,8-12,18H2,1H3,(H,19,23)(H,20,22);1H. The minimum atomic E-state index is -0.0541. The molecule has 1 fully saturated rings. The van der Waals surface area contributed by atoms with Crippen molar-refractivity contribution in [2.45, 2.75) is 19.8 Å². The van der Waals surface area contributed by atoms with Crippen molar-refractivity contribution in [1.82, 2.24) is 10.2 Å². The number of hydrogen-bond donors (Lipinski definition) is 3. The zero-order chi connectivity index (χ0) is 16.7. The van der Waals surface area contributed by atoms with Gasteiger partial charge >= 0.3 is 0 Å². The minimum absolute atomic E-state index is 0. The lowest BCUT2D eigenvalue weighted by Gasteiger charge is -2.31. The highest BCUT2D eigenvalue weighted by atomic mass is 35.5. The molecule has 1 aromatic carbocycles. The number of benzene rings is 1. The summed E-state index contributed by atoms with van der Waals surface area (Å²) in [5.41, 5.74) is 7.29. The molecule has 134 valence electrons. The van der Waals surface area contributed by atoms with Gasteiger partial charge in [0.25, 0.3) is 0 Å². The van der Waals surface area contributed by atoms with Crippen molar-refractivity contribution in [3.8, 4) is 0 Å². The summed E-state index contributed by atoms with van der Waals surface area (Å²) >= 11 is 0. The van der Waals surface area contributed by atoms with Crippen molar-refractivity contribution >= 4 is 29.9 Å². The van der Waals surface area contributed by atoms with Crippen molar-refractivity contribution in [1.29, 1.82) is 0 Å². The fourth-order valence-corrected chi connectivity index (χ4v) is 2.86. The first-order valence-electron chi connectivity index (χ1n) is 8.15. The predicted octanol–water partition coefficient (Wildman–Crippen LogP) is 1.14. The molecule has 1 atom stereocenters. The highest BCUT2D eigenvalue weighted by molar-refractivity contribution is 5.93. The third-order valence-corrected chi connectivity index (χ3v) is 4.11. The second-order valence-electron chi connectivity index (χ2n) is 6.02. The highest BCUT2D eigenvalue weighted by Gasteiger charge is 2.26. The average molecular weight is 355 g/mol. The maximum Gasteiger partial charge on any atom is 0.238 e. The number of rotatable bonds is 6. The van der Waals surface area contributed by atoms with Crippen molar-refractivity contribution in [2.75, 3.05) is 38.0 Å². The summed E-state index contributed by atoms with van der Waals surface area (Å²) in [6.07, 6.45) is 1.80. The van der Waals surface area contributed by atoms with E-state index in [0.717, 1.165) is 30.6 Å². The SMILES string of the molecule is Cc1ccccc1NC(=O)CN1CCCC(C(=O)NCCN)C1.Cl. The molecule has 7 heteroatoms. The molecule has 0 radical (unpaired) electrons. The van der Waals surface area contributed by atoms with Crippen LogP contribution < -0.4 is 16.4 Å². The van der Waals surface area contributed by atoms with Crippen LogP contribution in [0.5, 0.6) is 0 Å². The van der Waals surface area contributed by atoms with Crippen LogP contribution in [0, 0.1) is 12.8 Å². The van der Waals surface area contributed by atoms with E-state index < -0.39 is 0 Å². The van der Waals surface area contributed by atoms with Crippen LogP contribution in [-0.2, 0) is 9.59 Å². The van der Waals surface area contributed by atoms with Crippen molar-refractivity contribution in [2.24, 2.45) is 11.7 Å². The molecule has 0 bridgehead atoms. The maximum atomic E-state index is 12.2. The summed E-state index contributed by atoms with van der Waals surface area (Å²) in [4.78, 5) is 26.3. The monoisotopic (exact) mass is 354 g/mol. The van der Waals surface area contributed by atoms with Gasteiger partial charge in [0, 0.05) is 25.3 Å². The molecule has 6 nitrogen and oxygen atoms in total. The van der Waals surface area contributed by atoms with Gasteiger partial charge in [0.1, 0.15) is 0 Å². The Morgan fingerprint density at radius 3 is 2.79 bits per heavy atom. The quantitative estimate of drug-likeness (QED) is 0.715. The van der Waals surface area contributed by atoms with Crippen molar-refractivity contribution < 1.29 is 9.59 Å². The number of nitrogens with one attached hydrogen (secondary N) is 2. The van der Waals surface area contributed by atoms with Crippen LogP contribution in [-0.4, -0.2) is 49.4 Å². The lowest BCUT2D eigenvalue weighted by Crippen LogP contribution is -2.46. The second kappa shape index (κ2) is 10.3. The number of aryl methyl sites for hydroxylation is 1. The Kier molecular flexibility index (Phi) is 8.74. The third kappa shape index (κ3) is 6.11. The zero-order valence-electron chi connectivity index (χ0n) is 14.1. The van der Waals surface area contributed by atoms with E-state index in [4.69, 9.17) is 5.73 Å². The van der Waals surface area contributed by atoms with Gasteiger partial charge in [0.2, 0.25) is 11.8 Å². The Morgan fingerprint density at radius 1 is 1.33 bits per heavy atom. The van der Waals surface area contributed by atoms with Crippen molar-refractivity contribution in [3.05, 3.63) is 29.8 Å². The van der Waals surface area contributed by atoms with Crippen LogP contribution in [0.25, 0.3) is 0 Å². The Hall–Kier alpha value is -1.63. The van der Waals surface area contributed by atoms with E-state index in [1.165, 1.54) is 0 Å². The van der Waals surface area contributed by atoms with Crippen LogP contribution in [0.4, 0.5) is 5.69 Å². The number of likely N-dealkylation sites (tertiary alicyclic amines) is 1. The predicted molar refractivity (Wildman–Crippen MR) is 98.3 cm³/mol. The van der Waals surface area contributed by atoms with E-state index in [0.29, 0.717) is 26.2 Å². The molecule has 1 unspecified atom stereocenters. The summed E-state index contributed by atoms with van der Waals surface area (Å²) in [7, 11) is 0. The topological polar surface area (TPSA) is 87.5 Å². The first-order chi connectivity index (χ1) is 11.1. The van der Waals surface area contributed by atoms with E-state index in [1.807, 2.05) is 36.1 Å². The number of amides is 2. The van der Waals surface area contributed by atoms with Gasteiger partial charge in [-0.1, -0.05) is 18.2 Å². The summed E-state index contributed by atoms with van der Waals surface area (Å²) in [5, 5.41) is 5.77. The molecule has 1 saturated heterocycles. The molecule has 1 aliphatic rings. The Bertz CT molecular complexity index is 553. The minimum Gasteiger partial charge on any atom is -0.355 e. The fourth-order valence-electron chi connectivity index (χ4n) is 2.86. The smallest absolute Gasteiger partial charge is 0.238 e. The van der Waals surface area contributed by atoms with E-state index in [-0.39, 0.29) is 30.1 Å². The number of hydrogen-bond acceptors (Lipinski definition) is 4. The van der Waals surface area contributed by atoms with E-state index >= 15 is 0 Å². The number of para-hydroxylation sites is 1. The number of nitrogens with two attached hydrogens (primary N) is 1. The first kappa shape index (κ1) is 20.4. The molecular weight excluding hydrogens is 328 g/mol. The van der Waals surface area contributed by atoms with E-state index in [1.54, 1.807) is 0 Å². The number of nitrogens with zero attached hydrogens (tertiary/aromatic N) is 1. The third-order valence-electron chi connectivity index (χ3n) is 4.11. The van der Waals surface area contributed by atoms with Crippen LogP contribution in [0.1, 0.15) is 18.4 Å². The molecule has 1 heterocycles. The molecular formula is C17H27ClN4O2. The number of halogens is 1. The van der Waals surface area contributed by atoms with Gasteiger partial charge in [-0.3, -0.25) is 14.5 Å². The summed E-state index contributed by atoms with van der Waals surface area (Å²) < 4.78 is 0. The second-order valence-corrected chi connectivity index (χ2v) is 6.02. The molecule has 2 rings (SSSR count). The Balaban J connectivity index is 0.00000288. The van der Waals surface area contributed by atoms with Gasteiger partial charge in [0.05, 0.1) is 12.5 Å². The van der Waals surface area contributed by atoms with Gasteiger partial charge in [-0.25, -0.2) is 0 Å². The normalized spacial score (nSPS) is 17.7. The fraction of sp³-hybridized carbons (Fsp3) is 0.529. The molecule has 24 heavy (non-hydrogen) atoms. The van der Waals surface area contributed by atoms with Gasteiger partial charge in [-0.05, 0) is 37.9 Å². The molecule has 0 spiro atoms. The lowest BCUT2D eigenvalue weighted by atomic mass is 9.97. The summed E-state index contributed by atoms with van der Waals surface area (Å²) in [5.74, 6) is -0.0525. The Labute approximate surface area is 149 Å². The summed E-state index contributed by atoms with van der Waals surface area (Å²) in [6, 6.07) is 7.71. The molecule has 1 aromatic rings. The van der Waals surface area contributed by atoms with Crippen LogP contribution in [0.15, 0.2) is 24.3 Å². The summed E-state index contributed by atoms with van der Waals surface area (Å²) in [6.45, 7) is 4.70. The first-order valence-corrected chi connectivity index (χ1v) is 8.15. The van der Waals surface area contributed by atoms with E-state index in [9.17, 15) is 9.59 Å². The average Bonchev–Trinajstić information content (AvgIpc) is 2.55. The van der Waals surface area contributed by atoms with Gasteiger partial charge < -0.3 is 16.4 Å². The number of anilines is 1. The molecule has 0 saturated carbocycles.